The number of aromatic nitrogens is 1. The molecule has 0 aliphatic carbocycles. The number of oxime groups is 1. The van der Waals surface area contributed by atoms with E-state index in [1.54, 1.807) is 12.3 Å². The number of rotatable bonds is 5. The third-order valence-electron chi connectivity index (χ3n) is 5.00. The number of hydrogen-bond donors (Lipinski definition) is 0. The molecule has 0 bridgehead atoms. The number of carbonyl (C=O) groups excluding carboxylic acids is 2. The van der Waals surface area contributed by atoms with Gasteiger partial charge in [-0.1, -0.05) is 23.4 Å². The molecule has 0 spiro atoms. The zero-order valence-corrected chi connectivity index (χ0v) is 18.1. The normalized spacial score (nSPS) is 12.8. The molecule has 0 amide bonds. The summed E-state index contributed by atoms with van der Waals surface area (Å²) in [7, 11) is -1.05. The summed E-state index contributed by atoms with van der Waals surface area (Å²) in [4.78, 5) is 29.1. The summed E-state index contributed by atoms with van der Waals surface area (Å²) in [6.45, 7) is 2.74. The Hall–Kier alpha value is -3.58. The molecule has 6 nitrogen and oxygen atoms in total. The quantitative estimate of drug-likeness (QED) is 0.199. The highest BCUT2D eigenvalue weighted by Gasteiger charge is 2.16. The number of nitrogens with zero attached hydrogens (tertiary/aromatic N) is 2. The van der Waals surface area contributed by atoms with Crippen LogP contribution in [0, 0.1) is 0 Å². The Morgan fingerprint density at radius 2 is 1.58 bits per heavy atom. The second-order valence-electron chi connectivity index (χ2n) is 7.12. The van der Waals surface area contributed by atoms with E-state index < -0.39 is 16.8 Å². The molecule has 0 aliphatic rings. The lowest BCUT2D eigenvalue weighted by Gasteiger charge is -2.09. The summed E-state index contributed by atoms with van der Waals surface area (Å²) in [6.07, 6.45) is 1.65. The lowest BCUT2D eigenvalue weighted by Crippen LogP contribution is -2.11. The van der Waals surface area contributed by atoms with E-state index in [1.165, 1.54) is 13.8 Å². The lowest BCUT2D eigenvalue weighted by atomic mass is 10.0. The first-order valence-corrected chi connectivity index (χ1v) is 11.2. The molecule has 0 N–H and O–H groups in total. The third kappa shape index (κ3) is 3.92. The van der Waals surface area contributed by atoms with Crippen molar-refractivity contribution in [2.24, 2.45) is 5.16 Å². The van der Waals surface area contributed by atoms with Crippen LogP contribution in [0.3, 0.4) is 0 Å². The molecular weight excluding hydrogens is 412 g/mol. The minimum Gasteiger partial charge on any atom is -0.318 e. The Labute approximate surface area is 181 Å². The summed E-state index contributed by atoms with van der Waals surface area (Å²) in [5.74, 6) is -0.890. The predicted octanol–water partition coefficient (Wildman–Crippen LogP) is 4.64. The second-order valence-corrected chi connectivity index (χ2v) is 8.50. The minimum atomic E-state index is -1.05. The van der Waals surface area contributed by atoms with Crippen LogP contribution in [-0.4, -0.2) is 32.5 Å². The van der Waals surface area contributed by atoms with E-state index in [0.717, 1.165) is 32.4 Å². The van der Waals surface area contributed by atoms with E-state index in [9.17, 15) is 13.8 Å². The monoisotopic (exact) mass is 432 g/mol. The van der Waals surface area contributed by atoms with E-state index in [-0.39, 0.29) is 11.5 Å². The van der Waals surface area contributed by atoms with Crippen LogP contribution in [0.1, 0.15) is 24.2 Å². The van der Waals surface area contributed by atoms with Crippen LogP contribution in [0.15, 0.2) is 76.8 Å². The van der Waals surface area contributed by atoms with Gasteiger partial charge >= 0.3 is 5.97 Å². The fraction of sp³-hybridized carbons (Fsp3) is 0.125. The van der Waals surface area contributed by atoms with E-state index >= 15 is 0 Å². The molecular formula is C24H20N2O4S. The van der Waals surface area contributed by atoms with Crippen LogP contribution in [0.5, 0.6) is 0 Å². The van der Waals surface area contributed by atoms with Crippen molar-refractivity contribution >= 4 is 50.1 Å². The molecule has 3 aromatic carbocycles. The second kappa shape index (κ2) is 8.28. The van der Waals surface area contributed by atoms with Crippen LogP contribution >= 0.6 is 0 Å². The van der Waals surface area contributed by atoms with Gasteiger partial charge in [-0.3, -0.25) is 9.00 Å². The fourth-order valence-corrected chi connectivity index (χ4v) is 4.08. The predicted molar refractivity (Wildman–Crippen MR) is 122 cm³/mol. The molecule has 1 aromatic heterocycles. The zero-order valence-electron chi connectivity index (χ0n) is 17.3. The maximum Gasteiger partial charge on any atom is 0.331 e. The van der Waals surface area contributed by atoms with Crippen LogP contribution < -0.4 is 0 Å². The maximum absolute atomic E-state index is 12.8. The first-order chi connectivity index (χ1) is 14.9. The van der Waals surface area contributed by atoms with Crippen molar-refractivity contribution in [3.63, 3.8) is 0 Å². The Balaban J connectivity index is 1.87. The summed E-state index contributed by atoms with van der Waals surface area (Å²) < 4.78 is 13.9. The smallest absolute Gasteiger partial charge is 0.318 e. The highest BCUT2D eigenvalue weighted by Crippen LogP contribution is 2.33. The summed E-state index contributed by atoms with van der Waals surface area (Å²) in [6, 6.07) is 21.0. The molecule has 156 valence electrons. The Morgan fingerprint density at radius 3 is 2.26 bits per heavy atom. The average molecular weight is 433 g/mol. The standard InChI is InChI=1S/C24H20N2O4S/c1-15(25-30-16(2)27)24(28)17-8-13-23-21(14-17)20-6-4-5-7-22(20)26(23)18-9-11-19(12-10-18)31(3)29/h4-14H,1-3H3. The maximum atomic E-state index is 12.8. The van der Waals surface area contributed by atoms with Crippen LogP contribution in [0.25, 0.3) is 27.5 Å². The van der Waals surface area contributed by atoms with E-state index in [1.807, 2.05) is 60.7 Å². The SMILES string of the molecule is CC(=O)ON=C(C)C(=O)c1ccc2c(c1)c1ccccc1n2-c1ccc(S(C)=O)cc1. The Bertz CT molecular complexity index is 1380. The molecule has 7 heteroatoms. The molecule has 4 aromatic rings. The molecule has 0 aliphatic heterocycles. The number of carbonyl (C=O) groups is 2. The summed E-state index contributed by atoms with van der Waals surface area (Å²) >= 11 is 0. The fourth-order valence-electron chi connectivity index (χ4n) is 3.56. The molecule has 0 fully saturated rings. The number of ketones is 1. The molecule has 4 rings (SSSR count). The highest BCUT2D eigenvalue weighted by molar-refractivity contribution is 7.84. The van der Waals surface area contributed by atoms with Crippen molar-refractivity contribution in [2.75, 3.05) is 6.26 Å². The Kier molecular flexibility index (Phi) is 5.52. The third-order valence-corrected chi connectivity index (χ3v) is 5.94. The highest BCUT2D eigenvalue weighted by atomic mass is 32.2. The number of benzene rings is 3. The van der Waals surface area contributed by atoms with Gasteiger partial charge in [0.05, 0.1) is 11.0 Å². The van der Waals surface area contributed by atoms with Crippen molar-refractivity contribution in [3.8, 4) is 5.69 Å². The Morgan fingerprint density at radius 1 is 0.903 bits per heavy atom. The van der Waals surface area contributed by atoms with Gasteiger partial charge in [0.2, 0.25) is 5.78 Å². The van der Waals surface area contributed by atoms with Crippen LogP contribution in [0.4, 0.5) is 0 Å². The minimum absolute atomic E-state index is 0.0986. The molecule has 0 saturated heterocycles. The van der Waals surface area contributed by atoms with Crippen molar-refractivity contribution in [1.82, 2.24) is 4.57 Å². The van der Waals surface area contributed by atoms with E-state index in [2.05, 4.69) is 14.6 Å². The van der Waals surface area contributed by atoms with Crippen LogP contribution in [-0.2, 0) is 20.4 Å². The van der Waals surface area contributed by atoms with Gasteiger partial charge in [-0.2, -0.15) is 0 Å². The van der Waals surface area contributed by atoms with Crippen molar-refractivity contribution in [2.45, 2.75) is 18.7 Å². The number of Topliss-reactive ketones (excluding diaryl/α,β-unsaturated/α-hetero) is 1. The molecule has 1 atom stereocenters. The zero-order chi connectivity index (χ0) is 22.1. The first kappa shape index (κ1) is 20.7. The van der Waals surface area contributed by atoms with Crippen molar-refractivity contribution in [1.29, 1.82) is 0 Å². The van der Waals surface area contributed by atoms with Gasteiger partial charge in [0.25, 0.3) is 0 Å². The lowest BCUT2D eigenvalue weighted by molar-refractivity contribution is -0.140. The van der Waals surface area contributed by atoms with E-state index in [0.29, 0.717) is 5.56 Å². The average Bonchev–Trinajstić information content (AvgIpc) is 3.10. The van der Waals surface area contributed by atoms with Crippen molar-refractivity contribution < 1.29 is 18.6 Å². The number of fused-ring (bicyclic) bond motifs is 3. The summed E-state index contributed by atoms with van der Waals surface area (Å²) in [5, 5.41) is 5.53. The van der Waals surface area contributed by atoms with Gasteiger partial charge in [-0.05, 0) is 55.5 Å². The van der Waals surface area contributed by atoms with E-state index in [4.69, 9.17) is 0 Å². The van der Waals surface area contributed by atoms with Gasteiger partial charge in [-0.15, -0.1) is 0 Å². The largest absolute Gasteiger partial charge is 0.331 e. The molecule has 1 unspecified atom stereocenters. The van der Waals surface area contributed by atoms with Gasteiger partial charge in [0.15, 0.2) is 0 Å². The van der Waals surface area contributed by atoms with Gasteiger partial charge in [0.1, 0.15) is 5.71 Å². The number of para-hydroxylation sites is 1. The van der Waals surface area contributed by atoms with Crippen molar-refractivity contribution in [3.05, 3.63) is 72.3 Å². The molecule has 0 saturated carbocycles. The number of hydrogen-bond acceptors (Lipinski definition) is 5. The van der Waals surface area contributed by atoms with Crippen LogP contribution in [0.2, 0.25) is 0 Å². The molecule has 31 heavy (non-hydrogen) atoms. The topological polar surface area (TPSA) is 77.7 Å². The van der Waals surface area contributed by atoms with Gasteiger partial charge in [-0.25, -0.2) is 4.79 Å². The van der Waals surface area contributed by atoms with Gasteiger partial charge < -0.3 is 9.40 Å². The first-order valence-electron chi connectivity index (χ1n) is 9.61. The molecule has 1 heterocycles. The molecule has 0 radical (unpaired) electrons. The summed E-state index contributed by atoms with van der Waals surface area (Å²) in [5.41, 5.74) is 3.43. The van der Waals surface area contributed by atoms with Gasteiger partial charge in [0, 0.05) is 50.9 Å².